The molecular weight excluding hydrogens is 450 g/mol. The van der Waals surface area contributed by atoms with E-state index in [1.165, 1.54) is 18.2 Å². The van der Waals surface area contributed by atoms with E-state index in [1.807, 2.05) is 19.1 Å². The van der Waals surface area contributed by atoms with Crippen LogP contribution in [0.2, 0.25) is 0 Å². The van der Waals surface area contributed by atoms with Crippen LogP contribution in [0.5, 0.6) is 5.75 Å². The second-order valence-corrected chi connectivity index (χ2v) is 8.93. The van der Waals surface area contributed by atoms with Crippen molar-refractivity contribution in [2.45, 2.75) is 45.4 Å². The zero-order valence-electron chi connectivity index (χ0n) is 20.4. The van der Waals surface area contributed by atoms with Crippen LogP contribution in [0.4, 0.5) is 10.5 Å². The number of benzene rings is 2. The Bertz CT molecular complexity index is 1060. The Morgan fingerprint density at radius 3 is 2.31 bits per heavy atom. The van der Waals surface area contributed by atoms with Crippen LogP contribution in [0.1, 0.15) is 37.9 Å². The molecule has 9 heteroatoms. The highest BCUT2D eigenvalue weighted by molar-refractivity contribution is 5.99. The fourth-order valence-corrected chi connectivity index (χ4v) is 3.38. The van der Waals surface area contributed by atoms with Crippen molar-refractivity contribution in [2.24, 2.45) is 0 Å². The number of nitrogens with one attached hydrogen (secondary N) is 2. The number of aryl methyl sites for hydroxylation is 1. The van der Waals surface area contributed by atoms with Crippen LogP contribution in [0, 0.1) is 6.92 Å². The third kappa shape index (κ3) is 7.58. The number of aliphatic hydroxyl groups is 1. The van der Waals surface area contributed by atoms with Crippen LogP contribution < -0.4 is 10.6 Å². The summed E-state index contributed by atoms with van der Waals surface area (Å²) >= 11 is 0. The first-order valence-electron chi connectivity index (χ1n) is 11.1. The number of phenols is 1. The van der Waals surface area contributed by atoms with E-state index in [4.69, 9.17) is 4.74 Å². The van der Waals surface area contributed by atoms with Gasteiger partial charge in [0.1, 0.15) is 23.4 Å². The molecular formula is C26H33N3O6. The SMILES string of the molecule is C=CCN(C(=O)C(CO)NC(=O)OC(C)(C)C)C(C(=O)Nc1ccccc1C)c1ccccc1O. The third-order valence-electron chi connectivity index (χ3n) is 4.97. The van der Waals surface area contributed by atoms with E-state index >= 15 is 0 Å². The van der Waals surface area contributed by atoms with Gasteiger partial charge in [0.25, 0.3) is 5.91 Å². The lowest BCUT2D eigenvalue weighted by Crippen LogP contribution is -2.53. The Morgan fingerprint density at radius 2 is 1.74 bits per heavy atom. The summed E-state index contributed by atoms with van der Waals surface area (Å²) in [5.41, 5.74) is 0.690. The van der Waals surface area contributed by atoms with E-state index in [2.05, 4.69) is 17.2 Å². The summed E-state index contributed by atoms with van der Waals surface area (Å²) in [5.74, 6) is -1.55. The van der Waals surface area contributed by atoms with Crippen molar-refractivity contribution in [3.05, 3.63) is 72.3 Å². The van der Waals surface area contributed by atoms with Gasteiger partial charge in [-0.15, -0.1) is 6.58 Å². The molecule has 0 aliphatic rings. The van der Waals surface area contributed by atoms with Crippen molar-refractivity contribution in [2.75, 3.05) is 18.5 Å². The number of carbonyl (C=O) groups is 3. The molecule has 9 nitrogen and oxygen atoms in total. The average Bonchev–Trinajstić information content (AvgIpc) is 2.78. The number of anilines is 1. The molecule has 0 saturated heterocycles. The first-order chi connectivity index (χ1) is 16.5. The Labute approximate surface area is 205 Å². The minimum absolute atomic E-state index is 0.106. The molecule has 2 aromatic rings. The maximum atomic E-state index is 13.5. The number of amides is 3. The lowest BCUT2D eigenvalue weighted by Gasteiger charge is -2.33. The van der Waals surface area contributed by atoms with Crippen molar-refractivity contribution in [1.29, 1.82) is 0 Å². The first-order valence-corrected chi connectivity index (χ1v) is 11.1. The number of alkyl carbamates (subject to hydrolysis) is 1. The molecule has 0 heterocycles. The van der Waals surface area contributed by atoms with Gasteiger partial charge in [0.05, 0.1) is 6.61 Å². The largest absolute Gasteiger partial charge is 0.508 e. The lowest BCUT2D eigenvalue weighted by molar-refractivity contribution is -0.141. The highest BCUT2D eigenvalue weighted by atomic mass is 16.6. The van der Waals surface area contributed by atoms with Crippen molar-refractivity contribution < 1.29 is 29.3 Å². The van der Waals surface area contributed by atoms with E-state index in [-0.39, 0.29) is 17.9 Å². The molecule has 0 fully saturated rings. The summed E-state index contributed by atoms with van der Waals surface area (Å²) in [6.45, 7) is 9.64. The number of carbonyl (C=O) groups excluding carboxylic acids is 3. The van der Waals surface area contributed by atoms with Crippen LogP contribution in [-0.2, 0) is 14.3 Å². The number of para-hydroxylation sites is 2. The Balaban J connectivity index is 2.46. The van der Waals surface area contributed by atoms with Gasteiger partial charge in [0, 0.05) is 17.8 Å². The number of ether oxygens (including phenoxy) is 1. The Hall–Kier alpha value is -3.85. The van der Waals surface area contributed by atoms with Crippen LogP contribution in [0.3, 0.4) is 0 Å². The summed E-state index contributed by atoms with van der Waals surface area (Å²) in [5, 5.41) is 25.6. The van der Waals surface area contributed by atoms with Gasteiger partial charge < -0.3 is 30.5 Å². The highest BCUT2D eigenvalue weighted by Gasteiger charge is 2.37. The maximum absolute atomic E-state index is 13.5. The van der Waals surface area contributed by atoms with Crippen molar-refractivity contribution in [3.8, 4) is 5.75 Å². The molecule has 3 amide bonds. The zero-order valence-corrected chi connectivity index (χ0v) is 20.4. The number of nitrogens with zero attached hydrogens (tertiary/aromatic N) is 1. The Morgan fingerprint density at radius 1 is 1.11 bits per heavy atom. The van der Waals surface area contributed by atoms with E-state index in [0.29, 0.717) is 5.69 Å². The molecule has 4 N–H and O–H groups in total. The molecule has 0 bridgehead atoms. The van der Waals surface area contributed by atoms with Crippen molar-refractivity contribution in [1.82, 2.24) is 10.2 Å². The molecule has 0 aliphatic heterocycles. The van der Waals surface area contributed by atoms with Crippen LogP contribution >= 0.6 is 0 Å². The normalized spacial score (nSPS) is 12.7. The molecule has 0 aliphatic carbocycles. The molecule has 0 spiro atoms. The molecule has 2 unspecified atom stereocenters. The summed E-state index contributed by atoms with van der Waals surface area (Å²) in [7, 11) is 0. The fraction of sp³-hybridized carbons (Fsp3) is 0.346. The van der Waals surface area contributed by atoms with Gasteiger partial charge in [-0.3, -0.25) is 9.59 Å². The van der Waals surface area contributed by atoms with E-state index in [1.54, 1.807) is 45.0 Å². The molecule has 188 valence electrons. The van der Waals surface area contributed by atoms with Gasteiger partial charge >= 0.3 is 6.09 Å². The number of hydrogen-bond acceptors (Lipinski definition) is 6. The summed E-state index contributed by atoms with van der Waals surface area (Å²) in [4.78, 5) is 40.4. The number of phenolic OH excluding ortho intramolecular Hbond substituents is 1. The van der Waals surface area contributed by atoms with Crippen LogP contribution in [0.15, 0.2) is 61.2 Å². The van der Waals surface area contributed by atoms with E-state index in [0.717, 1.165) is 10.5 Å². The number of aromatic hydroxyl groups is 1. The molecule has 2 atom stereocenters. The maximum Gasteiger partial charge on any atom is 0.408 e. The molecule has 0 radical (unpaired) electrons. The summed E-state index contributed by atoms with van der Waals surface area (Å²) < 4.78 is 5.19. The second kappa shape index (κ2) is 12.0. The molecule has 2 rings (SSSR count). The monoisotopic (exact) mass is 483 g/mol. The Kier molecular flexibility index (Phi) is 9.42. The first kappa shape index (κ1) is 27.4. The smallest absolute Gasteiger partial charge is 0.408 e. The van der Waals surface area contributed by atoms with Gasteiger partial charge in [-0.2, -0.15) is 0 Å². The van der Waals surface area contributed by atoms with Crippen molar-refractivity contribution >= 4 is 23.6 Å². The lowest BCUT2D eigenvalue weighted by atomic mass is 10.0. The number of rotatable bonds is 9. The topological polar surface area (TPSA) is 128 Å². The third-order valence-corrected chi connectivity index (χ3v) is 4.97. The quantitative estimate of drug-likeness (QED) is 0.405. The zero-order chi connectivity index (χ0) is 26.2. The summed E-state index contributed by atoms with van der Waals surface area (Å²) in [6, 6.07) is 10.6. The minimum Gasteiger partial charge on any atom is -0.508 e. The predicted molar refractivity (Wildman–Crippen MR) is 133 cm³/mol. The van der Waals surface area contributed by atoms with Gasteiger partial charge in [-0.1, -0.05) is 42.5 Å². The van der Waals surface area contributed by atoms with Gasteiger partial charge in [0.2, 0.25) is 5.91 Å². The molecule has 0 saturated carbocycles. The molecule has 2 aromatic carbocycles. The van der Waals surface area contributed by atoms with E-state index in [9.17, 15) is 24.6 Å². The highest BCUT2D eigenvalue weighted by Crippen LogP contribution is 2.31. The van der Waals surface area contributed by atoms with Crippen molar-refractivity contribution in [3.63, 3.8) is 0 Å². The van der Waals surface area contributed by atoms with Gasteiger partial charge in [0.15, 0.2) is 0 Å². The number of hydrogen-bond donors (Lipinski definition) is 4. The molecule has 35 heavy (non-hydrogen) atoms. The standard InChI is InChI=1S/C26H33N3O6/c1-6-15-29(24(33)20(16-30)28-25(34)35-26(3,4)5)22(18-12-8-10-14-21(18)31)23(32)27-19-13-9-7-11-17(19)2/h6-14,20,22,30-31H,1,15-16H2,2-5H3,(H,27,32)(H,28,34). The summed E-state index contributed by atoms with van der Waals surface area (Å²) in [6.07, 6.45) is 0.514. The predicted octanol–water partition coefficient (Wildman–Crippen LogP) is 3.28. The average molecular weight is 484 g/mol. The molecule has 0 aromatic heterocycles. The van der Waals surface area contributed by atoms with Crippen LogP contribution in [-0.4, -0.2) is 57.8 Å². The number of aliphatic hydroxyl groups excluding tert-OH is 1. The van der Waals surface area contributed by atoms with E-state index < -0.39 is 42.2 Å². The fourth-order valence-electron chi connectivity index (χ4n) is 3.38. The second-order valence-electron chi connectivity index (χ2n) is 8.93. The van der Waals surface area contributed by atoms with Gasteiger partial charge in [-0.05, 0) is 45.4 Å². The van der Waals surface area contributed by atoms with Gasteiger partial charge in [-0.25, -0.2) is 4.79 Å². The minimum atomic E-state index is -1.40. The van der Waals surface area contributed by atoms with Crippen LogP contribution in [0.25, 0.3) is 0 Å².